The Hall–Kier alpha value is -1.22. The summed E-state index contributed by atoms with van der Waals surface area (Å²) in [6, 6.07) is 4.67. The van der Waals surface area contributed by atoms with Crippen LogP contribution in [0.25, 0.3) is 0 Å². The number of piperazine rings is 1. The van der Waals surface area contributed by atoms with Gasteiger partial charge in [-0.15, -0.1) is 12.4 Å². The van der Waals surface area contributed by atoms with E-state index >= 15 is 0 Å². The number of rotatable bonds is 4. The van der Waals surface area contributed by atoms with E-state index in [-0.39, 0.29) is 36.9 Å². The zero-order chi connectivity index (χ0) is 14.8. The van der Waals surface area contributed by atoms with E-state index in [0.29, 0.717) is 13.1 Å². The highest BCUT2D eigenvalue weighted by molar-refractivity contribution is 7.89. The molecule has 1 heterocycles. The zero-order valence-electron chi connectivity index (χ0n) is 11.1. The maximum Gasteiger partial charge on any atom is 0.317 e. The molecule has 0 spiro atoms. The van der Waals surface area contributed by atoms with Crippen LogP contribution in [0.2, 0.25) is 0 Å². The molecular weight excluding hydrogens is 323 g/mol. The summed E-state index contributed by atoms with van der Waals surface area (Å²) in [7, 11) is -3.64. The number of halogens is 2. The number of carboxylic acid groups (broad SMARTS) is 1. The number of hydrogen-bond donors (Lipinski definition) is 1. The Morgan fingerprint density at radius 3 is 2.14 bits per heavy atom. The highest BCUT2D eigenvalue weighted by Gasteiger charge is 2.28. The van der Waals surface area contributed by atoms with E-state index in [4.69, 9.17) is 5.11 Å². The van der Waals surface area contributed by atoms with Gasteiger partial charge < -0.3 is 5.11 Å². The summed E-state index contributed by atoms with van der Waals surface area (Å²) < 4.78 is 38.7. The van der Waals surface area contributed by atoms with Crippen LogP contribution in [0.4, 0.5) is 4.39 Å². The summed E-state index contributed by atoms with van der Waals surface area (Å²) in [5, 5.41) is 8.69. The fourth-order valence-electron chi connectivity index (χ4n) is 2.07. The third kappa shape index (κ3) is 4.37. The van der Waals surface area contributed by atoms with Crippen molar-refractivity contribution in [3.63, 3.8) is 0 Å². The van der Waals surface area contributed by atoms with Crippen molar-refractivity contribution in [2.75, 3.05) is 32.7 Å². The Kier molecular flexibility index (Phi) is 6.09. The molecule has 0 saturated carbocycles. The summed E-state index contributed by atoms with van der Waals surface area (Å²) >= 11 is 0. The molecule has 0 unspecified atom stereocenters. The first-order valence-electron chi connectivity index (χ1n) is 6.09. The molecule has 21 heavy (non-hydrogen) atoms. The highest BCUT2D eigenvalue weighted by Crippen LogP contribution is 2.17. The van der Waals surface area contributed by atoms with Crippen molar-refractivity contribution < 1.29 is 22.7 Å². The van der Waals surface area contributed by atoms with Gasteiger partial charge in [0.2, 0.25) is 10.0 Å². The number of hydrogen-bond acceptors (Lipinski definition) is 4. The predicted octanol–water partition coefficient (Wildman–Crippen LogP) is 0.638. The van der Waals surface area contributed by atoms with Gasteiger partial charge in [-0.2, -0.15) is 4.31 Å². The lowest BCUT2D eigenvalue weighted by Crippen LogP contribution is -2.49. The second-order valence-corrected chi connectivity index (χ2v) is 6.47. The molecule has 1 fully saturated rings. The van der Waals surface area contributed by atoms with Gasteiger partial charge in [0.1, 0.15) is 5.82 Å². The predicted molar refractivity (Wildman–Crippen MR) is 76.5 cm³/mol. The maximum absolute atomic E-state index is 12.8. The quantitative estimate of drug-likeness (QED) is 0.871. The average Bonchev–Trinajstić information content (AvgIpc) is 2.39. The van der Waals surface area contributed by atoms with Crippen molar-refractivity contribution >= 4 is 28.4 Å². The monoisotopic (exact) mass is 338 g/mol. The average molecular weight is 339 g/mol. The number of aliphatic carboxylic acids is 1. The molecular formula is C12H16ClFN2O4S. The standard InChI is InChI=1S/C12H15FN2O4S.ClH/c13-10-1-3-11(4-2-10)20(18,19)15-7-5-14(6-8-15)9-12(16)17;/h1-4H,5-9H2,(H,16,17);1H. The fourth-order valence-corrected chi connectivity index (χ4v) is 3.50. The van der Waals surface area contributed by atoms with E-state index in [9.17, 15) is 17.6 Å². The molecule has 9 heteroatoms. The molecule has 0 atom stereocenters. The second-order valence-electron chi connectivity index (χ2n) is 4.53. The van der Waals surface area contributed by atoms with Crippen molar-refractivity contribution in [2.24, 2.45) is 0 Å². The van der Waals surface area contributed by atoms with Crippen molar-refractivity contribution in [1.82, 2.24) is 9.21 Å². The number of nitrogens with zero attached hydrogens (tertiary/aromatic N) is 2. The minimum Gasteiger partial charge on any atom is -0.480 e. The second kappa shape index (κ2) is 7.17. The molecule has 0 bridgehead atoms. The van der Waals surface area contributed by atoms with Crippen LogP contribution >= 0.6 is 12.4 Å². The van der Waals surface area contributed by atoms with E-state index in [1.165, 1.54) is 16.4 Å². The summed E-state index contributed by atoms with van der Waals surface area (Å²) in [6.07, 6.45) is 0. The lowest BCUT2D eigenvalue weighted by Gasteiger charge is -2.32. The van der Waals surface area contributed by atoms with Gasteiger partial charge in [-0.25, -0.2) is 12.8 Å². The Morgan fingerprint density at radius 1 is 1.14 bits per heavy atom. The molecule has 1 aromatic carbocycles. The number of sulfonamides is 1. The Morgan fingerprint density at radius 2 is 1.67 bits per heavy atom. The lowest BCUT2D eigenvalue weighted by molar-refractivity contribution is -0.138. The van der Waals surface area contributed by atoms with Gasteiger partial charge in [0.15, 0.2) is 0 Å². The van der Waals surface area contributed by atoms with E-state index in [1.54, 1.807) is 4.90 Å². The molecule has 1 aromatic rings. The van der Waals surface area contributed by atoms with Crippen LogP contribution in [0, 0.1) is 5.82 Å². The zero-order valence-corrected chi connectivity index (χ0v) is 12.7. The van der Waals surface area contributed by atoms with Crippen molar-refractivity contribution in [3.8, 4) is 0 Å². The van der Waals surface area contributed by atoms with Gasteiger partial charge in [0.05, 0.1) is 11.4 Å². The summed E-state index contributed by atoms with van der Waals surface area (Å²) in [4.78, 5) is 12.3. The summed E-state index contributed by atoms with van der Waals surface area (Å²) in [6.45, 7) is 1.10. The smallest absolute Gasteiger partial charge is 0.317 e. The van der Waals surface area contributed by atoms with Crippen LogP contribution in [0.3, 0.4) is 0 Å². The van der Waals surface area contributed by atoms with E-state index in [1.807, 2.05) is 0 Å². The maximum atomic E-state index is 12.8. The van der Waals surface area contributed by atoms with Gasteiger partial charge in [-0.1, -0.05) is 0 Å². The van der Waals surface area contributed by atoms with Crippen LogP contribution in [0.15, 0.2) is 29.2 Å². The molecule has 2 rings (SSSR count). The van der Waals surface area contributed by atoms with Gasteiger partial charge >= 0.3 is 5.97 Å². The SMILES string of the molecule is Cl.O=C(O)CN1CCN(S(=O)(=O)c2ccc(F)cc2)CC1. The fraction of sp³-hybridized carbons (Fsp3) is 0.417. The topological polar surface area (TPSA) is 77.9 Å². The molecule has 0 aromatic heterocycles. The van der Waals surface area contributed by atoms with Crippen LogP contribution < -0.4 is 0 Å². The van der Waals surface area contributed by atoms with Crippen LogP contribution in [-0.4, -0.2) is 61.4 Å². The van der Waals surface area contributed by atoms with Gasteiger partial charge in [0, 0.05) is 26.2 Å². The van der Waals surface area contributed by atoms with Crippen molar-refractivity contribution in [3.05, 3.63) is 30.1 Å². The molecule has 118 valence electrons. The largest absolute Gasteiger partial charge is 0.480 e. The molecule has 1 N–H and O–H groups in total. The van der Waals surface area contributed by atoms with Gasteiger partial charge in [0.25, 0.3) is 0 Å². The third-order valence-corrected chi connectivity index (χ3v) is 5.05. The lowest BCUT2D eigenvalue weighted by atomic mass is 10.3. The number of carboxylic acids is 1. The molecule has 0 aliphatic carbocycles. The van der Waals surface area contributed by atoms with Gasteiger partial charge in [-0.05, 0) is 24.3 Å². The van der Waals surface area contributed by atoms with Crippen LogP contribution in [-0.2, 0) is 14.8 Å². The minimum absolute atomic E-state index is 0. The first-order chi connectivity index (χ1) is 9.39. The van der Waals surface area contributed by atoms with Crippen LogP contribution in [0.1, 0.15) is 0 Å². The van der Waals surface area contributed by atoms with E-state index < -0.39 is 21.8 Å². The Balaban J connectivity index is 0.00000220. The van der Waals surface area contributed by atoms with E-state index in [0.717, 1.165) is 12.1 Å². The molecule has 1 saturated heterocycles. The molecule has 1 aliphatic rings. The molecule has 1 aliphatic heterocycles. The molecule has 0 radical (unpaired) electrons. The molecule has 0 amide bonds. The van der Waals surface area contributed by atoms with Gasteiger partial charge in [-0.3, -0.25) is 9.69 Å². The minimum atomic E-state index is -3.64. The number of carbonyl (C=O) groups is 1. The van der Waals surface area contributed by atoms with Crippen molar-refractivity contribution in [1.29, 1.82) is 0 Å². The summed E-state index contributed by atoms with van der Waals surface area (Å²) in [5.74, 6) is -1.42. The highest BCUT2D eigenvalue weighted by atomic mass is 35.5. The third-order valence-electron chi connectivity index (χ3n) is 3.14. The Bertz CT molecular complexity index is 586. The first-order valence-corrected chi connectivity index (χ1v) is 7.53. The number of benzene rings is 1. The summed E-state index contributed by atoms with van der Waals surface area (Å²) in [5.41, 5.74) is 0. The normalized spacial score (nSPS) is 17.2. The van der Waals surface area contributed by atoms with Crippen molar-refractivity contribution in [2.45, 2.75) is 4.90 Å². The Labute approximate surface area is 128 Å². The first kappa shape index (κ1) is 17.8. The van der Waals surface area contributed by atoms with Crippen LogP contribution in [0.5, 0.6) is 0 Å². The van der Waals surface area contributed by atoms with E-state index in [2.05, 4.69) is 0 Å². The molecule has 6 nitrogen and oxygen atoms in total.